The van der Waals surface area contributed by atoms with E-state index < -0.39 is 0 Å². The molecule has 0 saturated heterocycles. The summed E-state index contributed by atoms with van der Waals surface area (Å²) < 4.78 is 7.72. The van der Waals surface area contributed by atoms with Gasteiger partial charge in [-0.25, -0.2) is 0 Å². The van der Waals surface area contributed by atoms with Crippen LogP contribution < -0.4 is 4.74 Å². The van der Waals surface area contributed by atoms with Gasteiger partial charge in [-0.3, -0.25) is 9.48 Å². The quantitative estimate of drug-likeness (QED) is 0.758. The smallest absolute Gasteiger partial charge is 0.159 e. The Morgan fingerprint density at radius 1 is 1.25 bits per heavy atom. The average molecular weight is 272 g/mol. The van der Waals surface area contributed by atoms with Crippen molar-refractivity contribution in [3.63, 3.8) is 0 Å². The largest absolute Gasteiger partial charge is 0.487 e. The molecule has 106 valence electrons. The van der Waals surface area contributed by atoms with Crippen LogP contribution in [-0.4, -0.2) is 15.6 Å². The summed E-state index contributed by atoms with van der Waals surface area (Å²) in [6.45, 7) is 7.04. The van der Waals surface area contributed by atoms with E-state index in [0.29, 0.717) is 12.2 Å². The Morgan fingerprint density at radius 2 is 1.95 bits per heavy atom. The van der Waals surface area contributed by atoms with Crippen LogP contribution in [-0.2, 0) is 19.6 Å². The van der Waals surface area contributed by atoms with Gasteiger partial charge in [-0.1, -0.05) is 6.92 Å². The van der Waals surface area contributed by atoms with Crippen LogP contribution in [0.2, 0.25) is 0 Å². The summed E-state index contributed by atoms with van der Waals surface area (Å²) in [6, 6.07) is 9.29. The number of ketones is 1. The van der Waals surface area contributed by atoms with Crippen LogP contribution in [0.25, 0.3) is 0 Å². The number of carbonyl (C=O) groups excluding carboxylic acids is 1. The van der Waals surface area contributed by atoms with E-state index in [1.807, 2.05) is 16.8 Å². The van der Waals surface area contributed by atoms with E-state index in [4.69, 9.17) is 4.74 Å². The highest BCUT2D eigenvalue weighted by atomic mass is 16.5. The lowest BCUT2D eigenvalue weighted by Crippen LogP contribution is -2.06. The third-order valence-corrected chi connectivity index (χ3v) is 3.22. The molecule has 0 unspecified atom stereocenters. The summed E-state index contributed by atoms with van der Waals surface area (Å²) in [7, 11) is 0. The zero-order chi connectivity index (χ0) is 14.5. The van der Waals surface area contributed by atoms with Gasteiger partial charge < -0.3 is 4.74 Å². The highest BCUT2D eigenvalue weighted by Gasteiger charge is 2.06. The molecule has 0 saturated carbocycles. The highest BCUT2D eigenvalue weighted by Crippen LogP contribution is 2.15. The summed E-state index contributed by atoms with van der Waals surface area (Å²) in [6.07, 6.45) is 0.924. The minimum absolute atomic E-state index is 0.0631. The van der Waals surface area contributed by atoms with Gasteiger partial charge in [0.25, 0.3) is 0 Å². The van der Waals surface area contributed by atoms with E-state index in [9.17, 15) is 4.79 Å². The van der Waals surface area contributed by atoms with Crippen molar-refractivity contribution in [2.75, 3.05) is 0 Å². The van der Waals surface area contributed by atoms with E-state index in [-0.39, 0.29) is 5.78 Å². The fraction of sp³-hybridized carbons (Fsp3) is 0.375. The number of aryl methyl sites for hydroxylation is 2. The Bertz CT molecular complexity index is 585. The van der Waals surface area contributed by atoms with E-state index in [1.165, 1.54) is 0 Å². The topological polar surface area (TPSA) is 44.1 Å². The van der Waals surface area contributed by atoms with Crippen LogP contribution in [0.1, 0.15) is 42.5 Å². The molecule has 0 N–H and O–H groups in total. The number of nitrogens with zero attached hydrogens (tertiary/aromatic N) is 2. The zero-order valence-electron chi connectivity index (χ0n) is 12.2. The molecule has 0 bridgehead atoms. The number of hydrogen-bond acceptors (Lipinski definition) is 3. The van der Waals surface area contributed by atoms with Crippen LogP contribution in [0.5, 0.6) is 5.75 Å². The third-order valence-electron chi connectivity index (χ3n) is 3.22. The molecule has 2 rings (SSSR count). The molecule has 1 aromatic heterocycles. The van der Waals surface area contributed by atoms with Gasteiger partial charge in [-0.15, -0.1) is 0 Å². The Morgan fingerprint density at radius 3 is 2.50 bits per heavy atom. The summed E-state index contributed by atoms with van der Waals surface area (Å²) in [5.41, 5.74) is 2.85. The maximum Gasteiger partial charge on any atom is 0.159 e. The van der Waals surface area contributed by atoms with Crippen LogP contribution in [0.3, 0.4) is 0 Å². The molecule has 0 spiro atoms. The second-order valence-electron chi connectivity index (χ2n) is 4.67. The highest BCUT2D eigenvalue weighted by molar-refractivity contribution is 5.94. The number of rotatable bonds is 6. The molecule has 1 heterocycles. The molecular weight excluding hydrogens is 252 g/mol. The van der Waals surface area contributed by atoms with Crippen molar-refractivity contribution in [1.82, 2.24) is 9.78 Å². The standard InChI is InChI=1S/C16H20N2O2/c1-4-14-10-15(18(5-2)17-14)11-20-16-8-6-13(7-9-16)12(3)19/h6-10H,4-5,11H2,1-3H3. The SMILES string of the molecule is CCc1cc(COc2ccc(C(C)=O)cc2)n(CC)n1. The first-order chi connectivity index (χ1) is 9.63. The van der Waals surface area contributed by atoms with Crippen molar-refractivity contribution < 1.29 is 9.53 Å². The third kappa shape index (κ3) is 3.26. The molecule has 1 aromatic carbocycles. The number of ether oxygens (including phenoxy) is 1. The number of hydrogen-bond donors (Lipinski definition) is 0. The number of aromatic nitrogens is 2. The van der Waals surface area contributed by atoms with Crippen LogP contribution in [0, 0.1) is 0 Å². The molecule has 0 fully saturated rings. The van der Waals surface area contributed by atoms with Gasteiger partial charge in [-0.2, -0.15) is 5.10 Å². The van der Waals surface area contributed by atoms with Crippen LogP contribution >= 0.6 is 0 Å². The second-order valence-corrected chi connectivity index (χ2v) is 4.67. The summed E-state index contributed by atoms with van der Waals surface area (Å²) >= 11 is 0. The van der Waals surface area contributed by atoms with Crippen molar-refractivity contribution in [3.05, 3.63) is 47.3 Å². The molecule has 0 aliphatic carbocycles. The van der Waals surface area contributed by atoms with Gasteiger partial charge in [0.15, 0.2) is 5.78 Å². The predicted octanol–water partition coefficient (Wildman–Crippen LogP) is 3.25. The van der Waals surface area contributed by atoms with E-state index in [2.05, 4.69) is 25.0 Å². The van der Waals surface area contributed by atoms with Crippen LogP contribution in [0.4, 0.5) is 0 Å². The molecule has 4 heteroatoms. The Balaban J connectivity index is 2.04. The van der Waals surface area contributed by atoms with E-state index in [1.54, 1.807) is 19.1 Å². The van der Waals surface area contributed by atoms with Crippen molar-refractivity contribution in [2.45, 2.75) is 40.3 Å². The van der Waals surface area contributed by atoms with Crippen molar-refractivity contribution >= 4 is 5.78 Å². The van der Waals surface area contributed by atoms with Gasteiger partial charge in [0.2, 0.25) is 0 Å². The molecule has 20 heavy (non-hydrogen) atoms. The monoisotopic (exact) mass is 272 g/mol. The van der Waals surface area contributed by atoms with Crippen molar-refractivity contribution in [1.29, 1.82) is 0 Å². The molecule has 4 nitrogen and oxygen atoms in total. The molecular formula is C16H20N2O2. The van der Waals surface area contributed by atoms with Gasteiger partial charge in [0.1, 0.15) is 12.4 Å². The maximum atomic E-state index is 11.2. The second kappa shape index (κ2) is 6.37. The van der Waals surface area contributed by atoms with Gasteiger partial charge in [0, 0.05) is 12.1 Å². The minimum Gasteiger partial charge on any atom is -0.487 e. The van der Waals surface area contributed by atoms with Crippen molar-refractivity contribution in [3.8, 4) is 5.75 Å². The fourth-order valence-electron chi connectivity index (χ4n) is 2.02. The molecule has 0 atom stereocenters. The molecule has 2 aromatic rings. The maximum absolute atomic E-state index is 11.2. The van der Waals surface area contributed by atoms with E-state index >= 15 is 0 Å². The van der Waals surface area contributed by atoms with Gasteiger partial charge in [-0.05, 0) is 50.6 Å². The number of benzene rings is 1. The molecule has 0 aliphatic heterocycles. The van der Waals surface area contributed by atoms with Gasteiger partial charge in [0.05, 0.1) is 11.4 Å². The Kier molecular flexibility index (Phi) is 4.56. The minimum atomic E-state index is 0.0631. The predicted molar refractivity (Wildman–Crippen MR) is 78.1 cm³/mol. The zero-order valence-corrected chi connectivity index (χ0v) is 12.2. The molecule has 0 aliphatic rings. The molecule has 0 amide bonds. The summed E-state index contributed by atoms with van der Waals surface area (Å²) in [4.78, 5) is 11.2. The molecule has 0 radical (unpaired) electrons. The lowest BCUT2D eigenvalue weighted by Gasteiger charge is -2.08. The first-order valence-corrected chi connectivity index (χ1v) is 6.93. The average Bonchev–Trinajstić information content (AvgIpc) is 2.88. The lowest BCUT2D eigenvalue weighted by atomic mass is 10.1. The summed E-state index contributed by atoms with van der Waals surface area (Å²) in [5.74, 6) is 0.824. The van der Waals surface area contributed by atoms with E-state index in [0.717, 1.165) is 30.1 Å². The van der Waals surface area contributed by atoms with Gasteiger partial charge >= 0.3 is 0 Å². The number of Topliss-reactive ketones (excluding diaryl/α,β-unsaturated/α-hetero) is 1. The van der Waals surface area contributed by atoms with Crippen molar-refractivity contribution in [2.24, 2.45) is 0 Å². The normalized spacial score (nSPS) is 10.6. The Hall–Kier alpha value is -2.10. The summed E-state index contributed by atoms with van der Waals surface area (Å²) in [5, 5.41) is 4.49. The Labute approximate surface area is 119 Å². The first-order valence-electron chi connectivity index (χ1n) is 6.93. The lowest BCUT2D eigenvalue weighted by molar-refractivity contribution is 0.101. The fourth-order valence-corrected chi connectivity index (χ4v) is 2.02. The first kappa shape index (κ1) is 14.3. The van der Waals surface area contributed by atoms with Crippen LogP contribution in [0.15, 0.2) is 30.3 Å². The number of carbonyl (C=O) groups is 1.